The number of hydrogen-bond donors (Lipinski definition) is 2. The van der Waals surface area contributed by atoms with Gasteiger partial charge in [0.25, 0.3) is 5.91 Å². The van der Waals surface area contributed by atoms with Gasteiger partial charge in [0.1, 0.15) is 5.75 Å². The molecule has 2 N–H and O–H groups in total. The van der Waals surface area contributed by atoms with Gasteiger partial charge in [-0.1, -0.05) is 30.3 Å². The van der Waals surface area contributed by atoms with E-state index in [1.54, 1.807) is 30.3 Å². The van der Waals surface area contributed by atoms with Gasteiger partial charge >= 0.3 is 0 Å². The van der Waals surface area contributed by atoms with Gasteiger partial charge in [-0.25, -0.2) is 18.6 Å². The molecule has 25 heavy (non-hydrogen) atoms. The Hall–Kier alpha value is -2.71. The lowest BCUT2D eigenvalue weighted by Crippen LogP contribution is -2.34. The fraction of sp³-hybridized carbons (Fsp3) is 0.176. The van der Waals surface area contributed by atoms with Crippen molar-refractivity contribution in [2.75, 3.05) is 13.2 Å². The first-order chi connectivity index (χ1) is 12.0. The lowest BCUT2D eigenvalue weighted by Gasteiger charge is -2.06. The van der Waals surface area contributed by atoms with E-state index in [2.05, 4.69) is 15.2 Å². The van der Waals surface area contributed by atoms with Gasteiger partial charge in [-0.05, 0) is 31.2 Å². The van der Waals surface area contributed by atoms with Crippen molar-refractivity contribution in [3.63, 3.8) is 0 Å². The number of nitrogens with zero attached hydrogens (tertiary/aromatic N) is 1. The van der Waals surface area contributed by atoms with Crippen LogP contribution in [0.2, 0.25) is 0 Å². The molecule has 0 unspecified atom stereocenters. The molecule has 0 fully saturated rings. The molecular formula is C17H19N3O4S. The minimum Gasteiger partial charge on any atom is -0.493 e. The Labute approximate surface area is 146 Å². The molecule has 0 heterocycles. The van der Waals surface area contributed by atoms with Gasteiger partial charge in [0, 0.05) is 5.56 Å². The quantitative estimate of drug-likeness (QED) is 0.550. The van der Waals surface area contributed by atoms with Gasteiger partial charge < -0.3 is 4.74 Å². The van der Waals surface area contributed by atoms with E-state index in [1.165, 1.54) is 18.3 Å². The SMILES string of the molecule is CCOc1ccccc1/C=N\NC(=O)CNS(=O)(=O)c1ccccc1. The summed E-state index contributed by atoms with van der Waals surface area (Å²) >= 11 is 0. The molecule has 2 aromatic carbocycles. The summed E-state index contributed by atoms with van der Waals surface area (Å²) in [4.78, 5) is 11.8. The largest absolute Gasteiger partial charge is 0.493 e. The Balaban J connectivity index is 1.89. The normalized spacial score (nSPS) is 11.4. The van der Waals surface area contributed by atoms with Crippen molar-refractivity contribution in [1.82, 2.24) is 10.1 Å². The van der Waals surface area contributed by atoms with Crippen LogP contribution in [0, 0.1) is 0 Å². The Bertz CT molecular complexity index is 836. The summed E-state index contributed by atoms with van der Waals surface area (Å²) in [5.74, 6) is 0.0671. The average molecular weight is 361 g/mol. The summed E-state index contributed by atoms with van der Waals surface area (Å²) in [5, 5.41) is 3.82. The maximum atomic E-state index is 12.0. The molecule has 2 rings (SSSR count). The van der Waals surface area contributed by atoms with Gasteiger partial charge in [-0.2, -0.15) is 5.10 Å². The van der Waals surface area contributed by atoms with Crippen molar-refractivity contribution < 1.29 is 17.9 Å². The maximum absolute atomic E-state index is 12.0. The number of ether oxygens (including phenoxy) is 1. The summed E-state index contributed by atoms with van der Waals surface area (Å²) in [6, 6.07) is 15.1. The van der Waals surface area contributed by atoms with Crippen molar-refractivity contribution in [2.45, 2.75) is 11.8 Å². The van der Waals surface area contributed by atoms with Crippen molar-refractivity contribution in [3.8, 4) is 5.75 Å². The van der Waals surface area contributed by atoms with E-state index in [0.717, 1.165) is 0 Å². The molecule has 0 spiro atoms. The number of carbonyl (C=O) groups excluding carboxylic acids is 1. The van der Waals surface area contributed by atoms with Gasteiger partial charge in [0.15, 0.2) is 0 Å². The van der Waals surface area contributed by atoms with Crippen LogP contribution in [-0.4, -0.2) is 33.7 Å². The average Bonchev–Trinajstić information content (AvgIpc) is 2.62. The number of nitrogens with one attached hydrogen (secondary N) is 2. The van der Waals surface area contributed by atoms with Gasteiger partial charge in [0.05, 0.1) is 24.3 Å². The second-order valence-electron chi connectivity index (χ2n) is 4.90. The molecule has 0 radical (unpaired) electrons. The van der Waals surface area contributed by atoms with Crippen LogP contribution in [0.5, 0.6) is 5.75 Å². The van der Waals surface area contributed by atoms with E-state index in [1.807, 2.05) is 19.1 Å². The standard InChI is InChI=1S/C17H19N3O4S/c1-2-24-16-11-7-6-8-14(16)12-18-20-17(21)13-19-25(22,23)15-9-4-3-5-10-15/h3-12,19H,2,13H2,1H3,(H,20,21)/b18-12-. The fourth-order valence-corrected chi connectivity index (χ4v) is 2.93. The summed E-state index contributed by atoms with van der Waals surface area (Å²) in [5.41, 5.74) is 2.98. The Morgan fingerprint density at radius 1 is 1.12 bits per heavy atom. The molecule has 0 aliphatic heterocycles. The van der Waals surface area contributed by atoms with Crippen LogP contribution in [0.25, 0.3) is 0 Å². The van der Waals surface area contributed by atoms with E-state index in [4.69, 9.17) is 4.74 Å². The molecule has 0 aromatic heterocycles. The smallest absolute Gasteiger partial charge is 0.255 e. The van der Waals surface area contributed by atoms with Crippen LogP contribution < -0.4 is 14.9 Å². The third-order valence-electron chi connectivity index (χ3n) is 3.09. The summed E-state index contributed by atoms with van der Waals surface area (Å²) in [6.07, 6.45) is 1.44. The number of amides is 1. The van der Waals surface area contributed by atoms with E-state index in [0.29, 0.717) is 17.9 Å². The van der Waals surface area contributed by atoms with E-state index >= 15 is 0 Å². The second kappa shape index (κ2) is 8.95. The number of hydrazone groups is 1. The predicted molar refractivity (Wildman–Crippen MR) is 95.0 cm³/mol. The molecular weight excluding hydrogens is 342 g/mol. The molecule has 0 aliphatic carbocycles. The third-order valence-corrected chi connectivity index (χ3v) is 4.51. The molecule has 0 saturated carbocycles. The Morgan fingerprint density at radius 2 is 1.80 bits per heavy atom. The second-order valence-corrected chi connectivity index (χ2v) is 6.67. The number of sulfonamides is 1. The van der Waals surface area contributed by atoms with Crippen LogP contribution in [0.3, 0.4) is 0 Å². The first-order valence-corrected chi connectivity index (χ1v) is 9.09. The topological polar surface area (TPSA) is 96.9 Å². The number of carbonyl (C=O) groups is 1. The summed E-state index contributed by atoms with van der Waals surface area (Å²) < 4.78 is 31.7. The van der Waals surface area contributed by atoms with E-state index in [-0.39, 0.29) is 4.90 Å². The van der Waals surface area contributed by atoms with E-state index < -0.39 is 22.5 Å². The molecule has 7 nitrogen and oxygen atoms in total. The highest BCUT2D eigenvalue weighted by molar-refractivity contribution is 7.89. The number of hydrogen-bond acceptors (Lipinski definition) is 5. The Morgan fingerprint density at radius 3 is 2.52 bits per heavy atom. The van der Waals surface area contributed by atoms with Crippen molar-refractivity contribution in [2.24, 2.45) is 5.10 Å². The highest BCUT2D eigenvalue weighted by atomic mass is 32.2. The molecule has 132 valence electrons. The van der Waals surface area contributed by atoms with Gasteiger partial charge in [0.2, 0.25) is 10.0 Å². The first kappa shape index (κ1) is 18.6. The van der Waals surface area contributed by atoms with E-state index in [9.17, 15) is 13.2 Å². The van der Waals surface area contributed by atoms with Crippen LogP contribution >= 0.6 is 0 Å². The molecule has 8 heteroatoms. The summed E-state index contributed by atoms with van der Waals surface area (Å²) in [6.45, 7) is 1.97. The highest BCUT2D eigenvalue weighted by Gasteiger charge is 2.14. The number of benzene rings is 2. The first-order valence-electron chi connectivity index (χ1n) is 7.61. The van der Waals surface area contributed by atoms with Crippen LogP contribution in [-0.2, 0) is 14.8 Å². The summed E-state index contributed by atoms with van der Waals surface area (Å²) in [7, 11) is -3.73. The molecule has 2 aromatic rings. The van der Waals surface area contributed by atoms with Crippen molar-refractivity contribution in [1.29, 1.82) is 0 Å². The van der Waals surface area contributed by atoms with Crippen LogP contribution in [0.1, 0.15) is 12.5 Å². The van der Waals surface area contributed by atoms with Crippen LogP contribution in [0.15, 0.2) is 64.6 Å². The minimum absolute atomic E-state index is 0.0944. The zero-order valence-corrected chi connectivity index (χ0v) is 14.5. The van der Waals surface area contributed by atoms with Crippen LogP contribution in [0.4, 0.5) is 0 Å². The molecule has 0 bridgehead atoms. The third kappa shape index (κ3) is 5.70. The lowest BCUT2D eigenvalue weighted by molar-refractivity contribution is -0.119. The predicted octanol–water partition coefficient (Wildman–Crippen LogP) is 1.51. The molecule has 1 amide bonds. The van der Waals surface area contributed by atoms with Gasteiger partial charge in [-0.15, -0.1) is 0 Å². The minimum atomic E-state index is -3.73. The van der Waals surface area contributed by atoms with Crippen molar-refractivity contribution in [3.05, 3.63) is 60.2 Å². The molecule has 0 aliphatic rings. The molecule has 0 atom stereocenters. The van der Waals surface area contributed by atoms with Gasteiger partial charge in [-0.3, -0.25) is 4.79 Å². The Kier molecular flexibility index (Phi) is 6.67. The molecule has 0 saturated heterocycles. The number of para-hydroxylation sites is 1. The number of rotatable bonds is 8. The monoisotopic (exact) mass is 361 g/mol. The van der Waals surface area contributed by atoms with Crippen molar-refractivity contribution >= 4 is 22.1 Å². The fourth-order valence-electron chi connectivity index (χ4n) is 1.93. The maximum Gasteiger partial charge on any atom is 0.255 e. The lowest BCUT2D eigenvalue weighted by atomic mass is 10.2. The zero-order chi connectivity index (χ0) is 18.1. The zero-order valence-electron chi connectivity index (χ0n) is 13.7. The highest BCUT2D eigenvalue weighted by Crippen LogP contribution is 2.15.